The number of hydrogen-bond acceptors (Lipinski definition) is 6. The summed E-state index contributed by atoms with van der Waals surface area (Å²) in [4.78, 5) is 14.1. The number of aliphatic hydroxyl groups is 1. The van der Waals surface area contributed by atoms with Crippen molar-refractivity contribution in [1.29, 1.82) is 0 Å². The van der Waals surface area contributed by atoms with E-state index in [1.165, 1.54) is 0 Å². The Balaban J connectivity index is 2.09. The average Bonchev–Trinajstić information content (AvgIpc) is 2.90. The number of rotatable bonds is 5. The molecular formula is C13H21N3O4. The van der Waals surface area contributed by atoms with Crippen molar-refractivity contribution in [3.63, 3.8) is 0 Å². The molecule has 1 N–H and O–H groups in total. The molecule has 0 bridgehead atoms. The van der Waals surface area contributed by atoms with Gasteiger partial charge in [-0.15, -0.1) is 0 Å². The van der Waals surface area contributed by atoms with E-state index >= 15 is 0 Å². The van der Waals surface area contributed by atoms with Gasteiger partial charge in [-0.2, -0.15) is 0 Å². The molecule has 1 amide bonds. The van der Waals surface area contributed by atoms with Crippen LogP contribution in [0.3, 0.4) is 0 Å². The summed E-state index contributed by atoms with van der Waals surface area (Å²) in [5.41, 5.74) is 0.465. The van der Waals surface area contributed by atoms with Crippen LogP contribution in [-0.4, -0.2) is 59.6 Å². The number of aliphatic hydroxyl groups excluding tert-OH is 1. The largest absolute Gasteiger partial charge is 0.396 e. The zero-order chi connectivity index (χ0) is 14.6. The Morgan fingerprint density at radius 3 is 2.95 bits per heavy atom. The van der Waals surface area contributed by atoms with Gasteiger partial charge in [0.2, 0.25) is 0 Å². The van der Waals surface area contributed by atoms with Crippen LogP contribution in [0.1, 0.15) is 35.4 Å². The van der Waals surface area contributed by atoms with Crippen molar-refractivity contribution in [3.8, 4) is 0 Å². The maximum atomic E-state index is 12.4. The number of ether oxygens (including phenoxy) is 1. The van der Waals surface area contributed by atoms with Crippen LogP contribution in [0.2, 0.25) is 0 Å². The molecule has 1 aliphatic heterocycles. The van der Waals surface area contributed by atoms with Gasteiger partial charge in [0.05, 0.1) is 6.61 Å². The number of carbonyl (C=O) groups is 1. The molecule has 1 fully saturated rings. The van der Waals surface area contributed by atoms with E-state index in [0.29, 0.717) is 25.4 Å². The smallest absolute Gasteiger partial charge is 0.278 e. The second-order valence-electron chi connectivity index (χ2n) is 5.43. The van der Waals surface area contributed by atoms with E-state index in [1.54, 1.807) is 18.9 Å². The van der Waals surface area contributed by atoms with Crippen molar-refractivity contribution in [3.05, 3.63) is 11.4 Å². The minimum absolute atomic E-state index is 0.0518. The molecule has 1 aromatic heterocycles. The second-order valence-corrected chi connectivity index (χ2v) is 5.43. The molecule has 2 rings (SSSR count). The predicted molar refractivity (Wildman–Crippen MR) is 70.2 cm³/mol. The standard InChI is InChI=1S/C13H21N3O4/c1-10-11(15-20-14-10)12(18)16-6-3-4-13(8-16,9-17)5-7-19-2/h17H,3-9H2,1-2H3/t13-/m0/s1. The van der Waals surface area contributed by atoms with E-state index in [1.807, 2.05) is 0 Å². The molecule has 2 heterocycles. The number of aryl methyl sites for hydroxylation is 1. The summed E-state index contributed by atoms with van der Waals surface area (Å²) in [5, 5.41) is 17.0. The zero-order valence-corrected chi connectivity index (χ0v) is 12.0. The summed E-state index contributed by atoms with van der Waals surface area (Å²) in [6.45, 7) is 3.50. The van der Waals surface area contributed by atoms with E-state index < -0.39 is 0 Å². The van der Waals surface area contributed by atoms with Crippen LogP contribution in [-0.2, 0) is 4.74 Å². The molecule has 0 aromatic carbocycles. The molecule has 1 aromatic rings. The van der Waals surface area contributed by atoms with Gasteiger partial charge < -0.3 is 14.7 Å². The first kappa shape index (κ1) is 14.9. The van der Waals surface area contributed by atoms with Gasteiger partial charge in [-0.25, -0.2) is 4.63 Å². The molecule has 1 aliphatic rings. The first-order chi connectivity index (χ1) is 9.62. The number of likely N-dealkylation sites (tertiary alicyclic amines) is 1. The zero-order valence-electron chi connectivity index (χ0n) is 12.0. The lowest BCUT2D eigenvalue weighted by atomic mass is 9.78. The van der Waals surface area contributed by atoms with Crippen molar-refractivity contribution in [1.82, 2.24) is 15.2 Å². The van der Waals surface area contributed by atoms with Crippen LogP contribution in [0.15, 0.2) is 4.63 Å². The molecule has 0 aliphatic carbocycles. The van der Waals surface area contributed by atoms with Gasteiger partial charge in [-0.1, -0.05) is 5.16 Å². The van der Waals surface area contributed by atoms with Crippen molar-refractivity contribution >= 4 is 5.91 Å². The SMILES string of the molecule is COCC[C@@]1(CO)CCCN(C(=O)c2nonc2C)C1. The van der Waals surface area contributed by atoms with Crippen LogP contribution in [0.5, 0.6) is 0 Å². The first-order valence-corrected chi connectivity index (χ1v) is 6.80. The van der Waals surface area contributed by atoms with Gasteiger partial charge in [-0.3, -0.25) is 4.79 Å². The maximum absolute atomic E-state index is 12.4. The topological polar surface area (TPSA) is 88.7 Å². The van der Waals surface area contributed by atoms with Gasteiger partial charge in [0.1, 0.15) is 5.69 Å². The van der Waals surface area contributed by atoms with E-state index in [9.17, 15) is 9.90 Å². The molecule has 0 radical (unpaired) electrons. The number of piperidine rings is 1. The summed E-state index contributed by atoms with van der Waals surface area (Å²) >= 11 is 0. The normalized spacial score (nSPS) is 23.1. The molecule has 1 atom stereocenters. The highest BCUT2D eigenvalue weighted by molar-refractivity contribution is 5.93. The molecule has 20 heavy (non-hydrogen) atoms. The van der Waals surface area contributed by atoms with Gasteiger partial charge in [0, 0.05) is 32.2 Å². The van der Waals surface area contributed by atoms with Gasteiger partial charge in [0.25, 0.3) is 5.91 Å². The highest BCUT2D eigenvalue weighted by Crippen LogP contribution is 2.33. The third-order valence-corrected chi connectivity index (χ3v) is 3.98. The monoisotopic (exact) mass is 283 g/mol. The summed E-state index contributed by atoms with van der Waals surface area (Å²) in [6.07, 6.45) is 2.49. The number of hydrogen-bond donors (Lipinski definition) is 1. The fraction of sp³-hybridized carbons (Fsp3) is 0.769. The van der Waals surface area contributed by atoms with Crippen molar-refractivity contribution in [2.75, 3.05) is 33.4 Å². The van der Waals surface area contributed by atoms with Crippen molar-refractivity contribution < 1.29 is 19.3 Å². The minimum Gasteiger partial charge on any atom is -0.396 e. The van der Waals surface area contributed by atoms with E-state index in [-0.39, 0.29) is 23.6 Å². The summed E-state index contributed by atoms with van der Waals surface area (Å²) in [5.74, 6) is -0.182. The average molecular weight is 283 g/mol. The third kappa shape index (κ3) is 2.99. The number of methoxy groups -OCH3 is 1. The van der Waals surface area contributed by atoms with Gasteiger partial charge >= 0.3 is 0 Å². The Bertz CT molecular complexity index is 462. The number of nitrogens with zero attached hydrogens (tertiary/aromatic N) is 3. The molecule has 0 saturated carbocycles. The van der Waals surface area contributed by atoms with Crippen LogP contribution in [0.4, 0.5) is 0 Å². The molecule has 1 saturated heterocycles. The van der Waals surface area contributed by atoms with Crippen molar-refractivity contribution in [2.24, 2.45) is 5.41 Å². The Morgan fingerprint density at radius 1 is 1.55 bits per heavy atom. The lowest BCUT2D eigenvalue weighted by Crippen LogP contribution is -2.48. The fourth-order valence-corrected chi connectivity index (χ4v) is 2.69. The lowest BCUT2D eigenvalue weighted by molar-refractivity contribution is 0.00854. The number of carbonyl (C=O) groups excluding carboxylic acids is 1. The van der Waals surface area contributed by atoms with Crippen LogP contribution in [0, 0.1) is 12.3 Å². The molecule has 0 spiro atoms. The Morgan fingerprint density at radius 2 is 2.35 bits per heavy atom. The Labute approximate surface area is 117 Å². The lowest BCUT2D eigenvalue weighted by Gasteiger charge is -2.41. The fourth-order valence-electron chi connectivity index (χ4n) is 2.69. The third-order valence-electron chi connectivity index (χ3n) is 3.98. The van der Waals surface area contributed by atoms with E-state index in [2.05, 4.69) is 14.9 Å². The molecule has 7 nitrogen and oxygen atoms in total. The molecule has 112 valence electrons. The summed E-state index contributed by atoms with van der Waals surface area (Å²) < 4.78 is 9.69. The molecule has 7 heteroatoms. The second kappa shape index (κ2) is 6.32. The van der Waals surface area contributed by atoms with Crippen molar-refractivity contribution in [2.45, 2.75) is 26.2 Å². The number of aromatic nitrogens is 2. The molecular weight excluding hydrogens is 262 g/mol. The quantitative estimate of drug-likeness (QED) is 0.852. The Hall–Kier alpha value is -1.47. The highest BCUT2D eigenvalue weighted by atomic mass is 16.6. The summed E-state index contributed by atoms with van der Waals surface area (Å²) in [7, 11) is 1.64. The van der Waals surface area contributed by atoms with E-state index in [4.69, 9.17) is 4.74 Å². The van der Waals surface area contributed by atoms with Gasteiger partial charge in [-0.05, 0) is 31.3 Å². The van der Waals surface area contributed by atoms with Crippen LogP contribution in [0.25, 0.3) is 0 Å². The van der Waals surface area contributed by atoms with E-state index in [0.717, 1.165) is 19.3 Å². The molecule has 0 unspecified atom stereocenters. The van der Waals surface area contributed by atoms with Crippen LogP contribution >= 0.6 is 0 Å². The summed E-state index contributed by atoms with van der Waals surface area (Å²) in [6, 6.07) is 0. The highest BCUT2D eigenvalue weighted by Gasteiger charge is 2.37. The number of amides is 1. The maximum Gasteiger partial charge on any atom is 0.278 e. The minimum atomic E-state index is -0.283. The van der Waals surface area contributed by atoms with Crippen LogP contribution < -0.4 is 0 Å². The first-order valence-electron chi connectivity index (χ1n) is 6.80. The Kier molecular flexibility index (Phi) is 4.72. The van der Waals surface area contributed by atoms with Gasteiger partial charge in [0.15, 0.2) is 5.69 Å². The predicted octanol–water partition coefficient (Wildman–Crippen LogP) is 0.629.